The first-order valence-electron chi connectivity index (χ1n) is 8.48. The third-order valence-corrected chi connectivity index (χ3v) is 4.77. The summed E-state index contributed by atoms with van der Waals surface area (Å²) >= 11 is 0. The normalized spacial score (nSPS) is 19.3. The van der Waals surface area contributed by atoms with Crippen molar-refractivity contribution in [2.45, 2.75) is 25.7 Å². The third kappa shape index (κ3) is 2.63. The van der Waals surface area contributed by atoms with E-state index >= 15 is 0 Å². The average molecular weight is 306 g/mol. The predicted molar refractivity (Wildman–Crippen MR) is 93.0 cm³/mol. The second-order valence-electron chi connectivity index (χ2n) is 6.22. The van der Waals surface area contributed by atoms with E-state index in [1.807, 2.05) is 12.3 Å². The van der Waals surface area contributed by atoms with E-state index in [-0.39, 0.29) is 0 Å². The van der Waals surface area contributed by atoms with Gasteiger partial charge in [0.05, 0.1) is 0 Å². The molecule has 1 atom stereocenters. The molecule has 0 amide bonds. The Labute approximate surface area is 136 Å². The molecule has 4 nitrogen and oxygen atoms in total. The summed E-state index contributed by atoms with van der Waals surface area (Å²) in [5, 5.41) is 0. The van der Waals surface area contributed by atoms with E-state index in [1.165, 1.54) is 19.4 Å². The van der Waals surface area contributed by atoms with Crippen molar-refractivity contribution in [3.63, 3.8) is 0 Å². The van der Waals surface area contributed by atoms with Crippen molar-refractivity contribution >= 4 is 11.2 Å². The van der Waals surface area contributed by atoms with Crippen molar-refractivity contribution in [3.05, 3.63) is 54.5 Å². The maximum atomic E-state index is 4.96. The number of hydrogen-bond acceptors (Lipinski definition) is 3. The summed E-state index contributed by atoms with van der Waals surface area (Å²) in [6.45, 7) is 5.65. The summed E-state index contributed by atoms with van der Waals surface area (Å²) in [6, 6.07) is 14.5. The molecule has 3 aromatic rings. The van der Waals surface area contributed by atoms with Crippen molar-refractivity contribution in [1.82, 2.24) is 19.4 Å². The highest BCUT2D eigenvalue weighted by Crippen LogP contribution is 2.30. The Morgan fingerprint density at radius 2 is 2.00 bits per heavy atom. The number of benzene rings is 1. The number of rotatable bonds is 3. The van der Waals surface area contributed by atoms with Gasteiger partial charge in [0.25, 0.3) is 0 Å². The molecule has 0 N–H and O–H groups in total. The fraction of sp³-hybridized carbons (Fsp3) is 0.368. The Kier molecular flexibility index (Phi) is 3.83. The number of nitrogens with zero attached hydrogens (tertiary/aromatic N) is 4. The van der Waals surface area contributed by atoms with E-state index in [4.69, 9.17) is 4.98 Å². The number of pyridine rings is 1. The maximum Gasteiger partial charge on any atom is 0.164 e. The van der Waals surface area contributed by atoms with Gasteiger partial charge in [0.15, 0.2) is 5.65 Å². The highest BCUT2D eigenvalue weighted by atomic mass is 15.2. The van der Waals surface area contributed by atoms with Gasteiger partial charge in [-0.15, -0.1) is 0 Å². The Morgan fingerprint density at radius 1 is 1.13 bits per heavy atom. The van der Waals surface area contributed by atoms with Crippen LogP contribution in [0.1, 0.15) is 31.5 Å². The molecule has 1 aromatic carbocycles. The van der Waals surface area contributed by atoms with Gasteiger partial charge >= 0.3 is 0 Å². The number of likely N-dealkylation sites (N-methyl/N-ethyl adjacent to an activating group) is 1. The SMILES string of the molecule is CCN1CCCC(c2nc3cccnc3n2-c2ccccc2)C1. The Bertz CT molecular complexity index is 793. The number of hydrogen-bond donors (Lipinski definition) is 0. The van der Waals surface area contributed by atoms with Gasteiger partial charge in [-0.3, -0.25) is 4.57 Å². The number of piperidine rings is 1. The van der Waals surface area contributed by atoms with Crippen molar-refractivity contribution in [2.75, 3.05) is 19.6 Å². The summed E-state index contributed by atoms with van der Waals surface area (Å²) in [5.41, 5.74) is 3.10. The minimum absolute atomic E-state index is 0.470. The van der Waals surface area contributed by atoms with Gasteiger partial charge in [0.2, 0.25) is 0 Å². The van der Waals surface area contributed by atoms with Crippen molar-refractivity contribution in [3.8, 4) is 5.69 Å². The molecule has 4 heteroatoms. The van der Waals surface area contributed by atoms with Crippen LogP contribution in [0.5, 0.6) is 0 Å². The lowest BCUT2D eigenvalue weighted by Gasteiger charge is -2.31. The first-order valence-corrected chi connectivity index (χ1v) is 8.48. The molecule has 1 aliphatic rings. The van der Waals surface area contributed by atoms with Crippen LogP contribution >= 0.6 is 0 Å². The molecule has 0 bridgehead atoms. The first-order chi connectivity index (χ1) is 11.4. The molecule has 0 spiro atoms. The molecule has 0 radical (unpaired) electrons. The molecule has 23 heavy (non-hydrogen) atoms. The van der Waals surface area contributed by atoms with Crippen molar-refractivity contribution in [2.24, 2.45) is 0 Å². The third-order valence-electron chi connectivity index (χ3n) is 4.77. The zero-order chi connectivity index (χ0) is 15.6. The Morgan fingerprint density at radius 3 is 2.83 bits per heavy atom. The van der Waals surface area contributed by atoms with Crippen LogP contribution in [0.2, 0.25) is 0 Å². The molecule has 4 rings (SSSR count). The molecular formula is C19H22N4. The van der Waals surface area contributed by atoms with E-state index in [0.717, 1.165) is 35.8 Å². The second kappa shape index (κ2) is 6.13. The quantitative estimate of drug-likeness (QED) is 0.741. The van der Waals surface area contributed by atoms with E-state index in [2.05, 4.69) is 57.8 Å². The van der Waals surface area contributed by atoms with Crippen LogP contribution in [0.25, 0.3) is 16.9 Å². The first kappa shape index (κ1) is 14.4. The lowest BCUT2D eigenvalue weighted by Crippen LogP contribution is -2.35. The van der Waals surface area contributed by atoms with E-state index in [1.54, 1.807) is 0 Å². The average Bonchev–Trinajstić information content (AvgIpc) is 3.02. The molecule has 118 valence electrons. The van der Waals surface area contributed by atoms with Gasteiger partial charge in [-0.2, -0.15) is 0 Å². The number of fused-ring (bicyclic) bond motifs is 1. The van der Waals surface area contributed by atoms with Gasteiger partial charge in [0.1, 0.15) is 11.3 Å². The van der Waals surface area contributed by atoms with Crippen LogP contribution in [0.15, 0.2) is 48.7 Å². The number of para-hydroxylation sites is 1. The molecule has 1 aliphatic heterocycles. The lowest BCUT2D eigenvalue weighted by atomic mass is 9.97. The van der Waals surface area contributed by atoms with Gasteiger partial charge < -0.3 is 4.90 Å². The summed E-state index contributed by atoms with van der Waals surface area (Å²) in [5.74, 6) is 1.63. The molecule has 1 fully saturated rings. The van der Waals surface area contributed by atoms with Crippen LogP contribution in [0, 0.1) is 0 Å². The molecule has 1 unspecified atom stereocenters. The van der Waals surface area contributed by atoms with Gasteiger partial charge in [-0.25, -0.2) is 9.97 Å². The summed E-state index contributed by atoms with van der Waals surface area (Å²) in [4.78, 5) is 12.1. The fourth-order valence-electron chi connectivity index (χ4n) is 3.59. The van der Waals surface area contributed by atoms with E-state index in [9.17, 15) is 0 Å². The number of likely N-dealkylation sites (tertiary alicyclic amines) is 1. The van der Waals surface area contributed by atoms with E-state index < -0.39 is 0 Å². The van der Waals surface area contributed by atoms with Gasteiger partial charge in [0, 0.05) is 24.3 Å². The Hall–Kier alpha value is -2.20. The monoisotopic (exact) mass is 306 g/mol. The highest BCUT2D eigenvalue weighted by Gasteiger charge is 2.26. The van der Waals surface area contributed by atoms with Crippen LogP contribution in [-0.4, -0.2) is 39.1 Å². The largest absolute Gasteiger partial charge is 0.303 e. The zero-order valence-electron chi connectivity index (χ0n) is 13.5. The molecule has 1 saturated heterocycles. The number of imidazole rings is 1. The van der Waals surface area contributed by atoms with Crippen LogP contribution in [0.4, 0.5) is 0 Å². The summed E-state index contributed by atoms with van der Waals surface area (Å²) < 4.78 is 2.25. The van der Waals surface area contributed by atoms with Gasteiger partial charge in [-0.1, -0.05) is 25.1 Å². The maximum absolute atomic E-state index is 4.96. The highest BCUT2D eigenvalue weighted by molar-refractivity contribution is 5.74. The lowest BCUT2D eigenvalue weighted by molar-refractivity contribution is 0.213. The van der Waals surface area contributed by atoms with Crippen LogP contribution in [-0.2, 0) is 0 Å². The smallest absolute Gasteiger partial charge is 0.164 e. The van der Waals surface area contributed by atoms with Crippen molar-refractivity contribution in [1.29, 1.82) is 0 Å². The molecule has 0 saturated carbocycles. The topological polar surface area (TPSA) is 34.0 Å². The minimum Gasteiger partial charge on any atom is -0.303 e. The summed E-state index contributed by atoms with van der Waals surface area (Å²) in [7, 11) is 0. The van der Waals surface area contributed by atoms with Crippen LogP contribution in [0.3, 0.4) is 0 Å². The predicted octanol–water partition coefficient (Wildman–Crippen LogP) is 3.62. The fourth-order valence-corrected chi connectivity index (χ4v) is 3.59. The Balaban J connectivity index is 1.86. The summed E-state index contributed by atoms with van der Waals surface area (Å²) in [6.07, 6.45) is 4.29. The van der Waals surface area contributed by atoms with Crippen LogP contribution < -0.4 is 0 Å². The van der Waals surface area contributed by atoms with Gasteiger partial charge in [-0.05, 0) is 50.2 Å². The molecule has 3 heterocycles. The van der Waals surface area contributed by atoms with E-state index in [0.29, 0.717) is 5.92 Å². The van der Waals surface area contributed by atoms with Crippen molar-refractivity contribution < 1.29 is 0 Å². The minimum atomic E-state index is 0.470. The number of aromatic nitrogens is 3. The standard InChI is InChI=1S/C19H22N4/c1-2-22-13-7-8-15(14-22)18-21-17-11-6-12-20-19(17)23(18)16-9-4-3-5-10-16/h3-6,9-12,15H,2,7-8,13-14H2,1H3. The second-order valence-corrected chi connectivity index (χ2v) is 6.22. The zero-order valence-corrected chi connectivity index (χ0v) is 13.5. The molecule has 0 aliphatic carbocycles. The molecule has 2 aromatic heterocycles. The molecular weight excluding hydrogens is 284 g/mol.